The van der Waals surface area contributed by atoms with Crippen molar-refractivity contribution >= 4 is 28.6 Å². The van der Waals surface area contributed by atoms with Gasteiger partial charge in [-0.1, -0.05) is 6.07 Å². The van der Waals surface area contributed by atoms with Gasteiger partial charge in [0.05, 0.1) is 5.51 Å². The molecule has 2 heterocycles. The van der Waals surface area contributed by atoms with Gasteiger partial charge in [0.1, 0.15) is 5.69 Å². The lowest BCUT2D eigenvalue weighted by Gasteiger charge is -2.18. The molecule has 3 rings (SSSR count). The van der Waals surface area contributed by atoms with Crippen molar-refractivity contribution in [2.75, 3.05) is 17.2 Å². The highest BCUT2D eigenvalue weighted by atomic mass is 32.1. The minimum absolute atomic E-state index is 0.160. The Morgan fingerprint density at radius 2 is 2.39 bits per heavy atom. The van der Waals surface area contributed by atoms with E-state index in [4.69, 9.17) is 0 Å². The average molecular weight is 259 g/mol. The van der Waals surface area contributed by atoms with Crippen LogP contribution < -0.4 is 10.6 Å². The fourth-order valence-corrected chi connectivity index (χ4v) is 2.59. The summed E-state index contributed by atoms with van der Waals surface area (Å²) < 4.78 is 0. The van der Waals surface area contributed by atoms with Crippen molar-refractivity contribution in [2.45, 2.75) is 12.8 Å². The minimum atomic E-state index is -0.160. The normalized spacial score (nSPS) is 13.6. The van der Waals surface area contributed by atoms with Crippen LogP contribution in [0.4, 0.5) is 11.4 Å². The first-order valence-corrected chi connectivity index (χ1v) is 6.83. The molecule has 0 bridgehead atoms. The molecule has 1 aromatic carbocycles. The van der Waals surface area contributed by atoms with Crippen LogP contribution in [-0.2, 0) is 6.42 Å². The Hall–Kier alpha value is -1.88. The number of aryl methyl sites for hydroxylation is 1. The van der Waals surface area contributed by atoms with Gasteiger partial charge >= 0.3 is 0 Å². The van der Waals surface area contributed by atoms with Crippen molar-refractivity contribution in [3.05, 3.63) is 40.3 Å². The van der Waals surface area contributed by atoms with Crippen LogP contribution in [0.25, 0.3) is 0 Å². The Bertz CT molecular complexity index is 566. The van der Waals surface area contributed by atoms with Gasteiger partial charge < -0.3 is 10.6 Å². The lowest BCUT2D eigenvalue weighted by molar-refractivity contribution is 0.102. The van der Waals surface area contributed by atoms with Gasteiger partial charge in [-0.15, -0.1) is 11.3 Å². The molecule has 1 amide bonds. The van der Waals surface area contributed by atoms with E-state index in [1.165, 1.54) is 16.9 Å². The third-order valence-corrected chi connectivity index (χ3v) is 3.56. The molecule has 1 aliphatic heterocycles. The van der Waals surface area contributed by atoms with E-state index >= 15 is 0 Å². The van der Waals surface area contributed by atoms with Gasteiger partial charge in [-0.25, -0.2) is 4.98 Å². The van der Waals surface area contributed by atoms with Gasteiger partial charge in [0, 0.05) is 23.3 Å². The Morgan fingerprint density at radius 3 is 3.22 bits per heavy atom. The molecular formula is C13H13N3OS. The van der Waals surface area contributed by atoms with E-state index < -0.39 is 0 Å². The number of benzene rings is 1. The van der Waals surface area contributed by atoms with E-state index in [1.807, 2.05) is 12.1 Å². The van der Waals surface area contributed by atoms with E-state index in [0.29, 0.717) is 5.69 Å². The number of thiazole rings is 1. The molecule has 0 fully saturated rings. The molecule has 0 saturated heterocycles. The van der Waals surface area contributed by atoms with Crippen molar-refractivity contribution in [3.63, 3.8) is 0 Å². The average Bonchev–Trinajstić information content (AvgIpc) is 2.92. The maximum atomic E-state index is 11.9. The number of fused-ring (bicyclic) bond motifs is 1. The summed E-state index contributed by atoms with van der Waals surface area (Å²) in [5, 5.41) is 7.95. The van der Waals surface area contributed by atoms with E-state index in [2.05, 4.69) is 21.7 Å². The molecule has 0 unspecified atom stereocenters. The summed E-state index contributed by atoms with van der Waals surface area (Å²) in [6, 6.07) is 5.99. The molecule has 0 atom stereocenters. The second-order valence-electron chi connectivity index (χ2n) is 4.23. The summed E-state index contributed by atoms with van der Waals surface area (Å²) in [4.78, 5) is 15.8. The number of carbonyl (C=O) groups excluding carboxylic acids is 1. The van der Waals surface area contributed by atoms with E-state index in [9.17, 15) is 4.79 Å². The fourth-order valence-electron chi connectivity index (χ4n) is 2.06. The Kier molecular flexibility index (Phi) is 2.98. The first kappa shape index (κ1) is 11.2. The zero-order valence-corrected chi connectivity index (χ0v) is 10.6. The molecule has 18 heavy (non-hydrogen) atoms. The third-order valence-electron chi connectivity index (χ3n) is 2.97. The van der Waals surface area contributed by atoms with Gasteiger partial charge in [-0.2, -0.15) is 0 Å². The van der Waals surface area contributed by atoms with E-state index in [1.54, 1.807) is 10.9 Å². The summed E-state index contributed by atoms with van der Waals surface area (Å²) >= 11 is 1.42. The lowest BCUT2D eigenvalue weighted by atomic mass is 10.0. The SMILES string of the molecule is O=C(Nc1ccc2c(c1)NCCC2)c1cscn1. The molecule has 2 aromatic rings. The Labute approximate surface area is 109 Å². The zero-order chi connectivity index (χ0) is 12.4. The topological polar surface area (TPSA) is 54.0 Å². The van der Waals surface area contributed by atoms with E-state index in [-0.39, 0.29) is 5.91 Å². The summed E-state index contributed by atoms with van der Waals surface area (Å²) in [7, 11) is 0. The highest BCUT2D eigenvalue weighted by Gasteiger charge is 2.11. The van der Waals surface area contributed by atoms with Gasteiger partial charge in [0.2, 0.25) is 0 Å². The second-order valence-corrected chi connectivity index (χ2v) is 4.95. The molecule has 1 aliphatic rings. The highest BCUT2D eigenvalue weighted by Crippen LogP contribution is 2.25. The van der Waals surface area contributed by atoms with Gasteiger partial charge in [0.25, 0.3) is 5.91 Å². The predicted molar refractivity (Wildman–Crippen MR) is 73.3 cm³/mol. The number of rotatable bonds is 2. The van der Waals surface area contributed by atoms with Crippen molar-refractivity contribution < 1.29 is 4.79 Å². The molecule has 0 radical (unpaired) electrons. The fraction of sp³-hybridized carbons (Fsp3) is 0.231. The summed E-state index contributed by atoms with van der Waals surface area (Å²) in [5.74, 6) is -0.160. The van der Waals surface area contributed by atoms with Crippen LogP contribution in [0.5, 0.6) is 0 Å². The molecular weight excluding hydrogens is 246 g/mol. The Morgan fingerprint density at radius 1 is 1.44 bits per heavy atom. The number of anilines is 2. The molecule has 92 valence electrons. The van der Waals surface area contributed by atoms with Crippen LogP contribution in [0.1, 0.15) is 22.5 Å². The number of carbonyl (C=O) groups is 1. The number of hydrogen-bond acceptors (Lipinski definition) is 4. The quantitative estimate of drug-likeness (QED) is 0.872. The van der Waals surface area contributed by atoms with Gasteiger partial charge in [-0.3, -0.25) is 4.79 Å². The van der Waals surface area contributed by atoms with Crippen LogP contribution >= 0.6 is 11.3 Å². The summed E-state index contributed by atoms with van der Waals surface area (Å²) in [6.45, 7) is 0.997. The molecule has 5 heteroatoms. The monoisotopic (exact) mass is 259 g/mol. The van der Waals surface area contributed by atoms with Crippen LogP contribution in [-0.4, -0.2) is 17.4 Å². The van der Waals surface area contributed by atoms with Gasteiger partial charge in [-0.05, 0) is 30.5 Å². The van der Waals surface area contributed by atoms with Crippen molar-refractivity contribution in [1.82, 2.24) is 4.98 Å². The number of aromatic nitrogens is 1. The number of amides is 1. The second kappa shape index (κ2) is 4.78. The highest BCUT2D eigenvalue weighted by molar-refractivity contribution is 7.07. The van der Waals surface area contributed by atoms with Gasteiger partial charge in [0.15, 0.2) is 0 Å². The molecule has 0 saturated carbocycles. The van der Waals surface area contributed by atoms with Crippen molar-refractivity contribution in [2.24, 2.45) is 0 Å². The Balaban J connectivity index is 1.79. The third kappa shape index (κ3) is 2.22. The molecule has 0 spiro atoms. The predicted octanol–water partition coefficient (Wildman–Crippen LogP) is 2.75. The maximum Gasteiger partial charge on any atom is 0.275 e. The van der Waals surface area contributed by atoms with Crippen LogP contribution in [0.15, 0.2) is 29.1 Å². The van der Waals surface area contributed by atoms with Crippen LogP contribution in [0.3, 0.4) is 0 Å². The number of nitrogens with one attached hydrogen (secondary N) is 2. The maximum absolute atomic E-state index is 11.9. The smallest absolute Gasteiger partial charge is 0.275 e. The van der Waals surface area contributed by atoms with Crippen molar-refractivity contribution in [1.29, 1.82) is 0 Å². The van der Waals surface area contributed by atoms with E-state index in [0.717, 1.165) is 30.8 Å². The van der Waals surface area contributed by atoms with Crippen molar-refractivity contribution in [3.8, 4) is 0 Å². The standard InChI is InChI=1S/C13H13N3OS/c17-13(12-7-18-8-15-12)16-10-4-3-9-2-1-5-14-11(9)6-10/h3-4,6-8,14H,1-2,5H2,(H,16,17). The molecule has 0 aliphatic carbocycles. The first-order chi connectivity index (χ1) is 8.83. The van der Waals surface area contributed by atoms with Crippen LogP contribution in [0, 0.1) is 0 Å². The summed E-state index contributed by atoms with van der Waals surface area (Å²) in [5.41, 5.74) is 5.36. The lowest BCUT2D eigenvalue weighted by Crippen LogP contribution is -2.14. The largest absolute Gasteiger partial charge is 0.385 e. The summed E-state index contributed by atoms with van der Waals surface area (Å²) in [6.07, 6.45) is 2.26. The zero-order valence-electron chi connectivity index (χ0n) is 9.77. The number of hydrogen-bond donors (Lipinski definition) is 2. The molecule has 1 aromatic heterocycles. The minimum Gasteiger partial charge on any atom is -0.385 e. The first-order valence-electron chi connectivity index (χ1n) is 5.89. The number of nitrogens with zero attached hydrogens (tertiary/aromatic N) is 1. The molecule has 2 N–H and O–H groups in total. The molecule has 4 nitrogen and oxygen atoms in total. The van der Waals surface area contributed by atoms with Crippen LogP contribution in [0.2, 0.25) is 0 Å².